The lowest BCUT2D eigenvalue weighted by molar-refractivity contribution is 0.592. The first kappa shape index (κ1) is 14.8. The predicted molar refractivity (Wildman–Crippen MR) is 81.1 cm³/mol. The summed E-state index contributed by atoms with van der Waals surface area (Å²) in [5, 5.41) is 0. The summed E-state index contributed by atoms with van der Waals surface area (Å²) >= 11 is 0. The molecule has 0 fully saturated rings. The summed E-state index contributed by atoms with van der Waals surface area (Å²) in [7, 11) is -3.39. The van der Waals surface area contributed by atoms with Crippen LogP contribution >= 0.6 is 0 Å². The Morgan fingerprint density at radius 3 is 2.35 bits per heavy atom. The van der Waals surface area contributed by atoms with Crippen molar-refractivity contribution in [1.29, 1.82) is 0 Å². The molecule has 0 aliphatic heterocycles. The highest BCUT2D eigenvalue weighted by atomic mass is 32.2. The Kier molecular flexibility index (Phi) is 4.26. The minimum absolute atomic E-state index is 0.00335. The molecule has 2 aromatic carbocycles. The maximum absolute atomic E-state index is 12.6. The molecule has 1 unspecified atom stereocenters. The molecule has 20 heavy (non-hydrogen) atoms. The fraction of sp³-hybridized carbons (Fsp3) is 0.250. The summed E-state index contributed by atoms with van der Waals surface area (Å²) in [6.45, 7) is 3.73. The van der Waals surface area contributed by atoms with Gasteiger partial charge >= 0.3 is 0 Å². The van der Waals surface area contributed by atoms with E-state index in [9.17, 15) is 8.42 Å². The Morgan fingerprint density at radius 2 is 1.75 bits per heavy atom. The quantitative estimate of drug-likeness (QED) is 0.941. The highest BCUT2D eigenvalue weighted by Gasteiger charge is 2.20. The van der Waals surface area contributed by atoms with E-state index in [4.69, 9.17) is 5.73 Å². The van der Waals surface area contributed by atoms with Gasteiger partial charge in [-0.2, -0.15) is 0 Å². The first-order valence-corrected chi connectivity index (χ1v) is 8.18. The van der Waals surface area contributed by atoms with Crippen molar-refractivity contribution in [2.75, 3.05) is 0 Å². The summed E-state index contributed by atoms with van der Waals surface area (Å²) < 4.78 is 25.2. The molecule has 0 saturated carbocycles. The molecule has 1 atom stereocenters. The lowest BCUT2D eigenvalue weighted by Crippen LogP contribution is -2.14. The zero-order valence-electron chi connectivity index (χ0n) is 11.7. The van der Waals surface area contributed by atoms with Gasteiger partial charge in [0, 0.05) is 6.04 Å². The molecule has 0 bridgehead atoms. The van der Waals surface area contributed by atoms with Gasteiger partial charge in [-0.1, -0.05) is 48.0 Å². The van der Waals surface area contributed by atoms with Gasteiger partial charge < -0.3 is 5.73 Å². The van der Waals surface area contributed by atoms with E-state index in [1.54, 1.807) is 13.0 Å². The fourth-order valence-electron chi connectivity index (χ4n) is 2.18. The van der Waals surface area contributed by atoms with Crippen LogP contribution in [0.4, 0.5) is 0 Å². The van der Waals surface area contributed by atoms with Gasteiger partial charge in [0.15, 0.2) is 9.84 Å². The van der Waals surface area contributed by atoms with Crippen molar-refractivity contribution in [3.63, 3.8) is 0 Å². The molecule has 106 valence electrons. The van der Waals surface area contributed by atoms with Crippen LogP contribution in [0.1, 0.15) is 29.7 Å². The number of benzene rings is 2. The summed E-state index contributed by atoms with van der Waals surface area (Å²) in [4.78, 5) is 0.335. The first-order valence-electron chi connectivity index (χ1n) is 6.53. The molecule has 2 N–H and O–H groups in total. The third-order valence-corrected chi connectivity index (χ3v) is 4.95. The van der Waals surface area contributed by atoms with Gasteiger partial charge in [-0.25, -0.2) is 8.42 Å². The van der Waals surface area contributed by atoms with Crippen molar-refractivity contribution >= 4 is 9.84 Å². The number of hydrogen-bond acceptors (Lipinski definition) is 3. The van der Waals surface area contributed by atoms with E-state index in [-0.39, 0.29) is 11.8 Å². The number of aryl methyl sites for hydroxylation is 1. The van der Waals surface area contributed by atoms with E-state index < -0.39 is 9.84 Å². The Balaban J connectivity index is 2.44. The molecule has 0 aromatic heterocycles. The van der Waals surface area contributed by atoms with Gasteiger partial charge in [0.25, 0.3) is 0 Å². The maximum atomic E-state index is 12.6. The Labute approximate surface area is 120 Å². The van der Waals surface area contributed by atoms with Crippen molar-refractivity contribution in [2.45, 2.75) is 30.5 Å². The second-order valence-electron chi connectivity index (χ2n) is 5.07. The Bertz CT molecular complexity index is 692. The van der Waals surface area contributed by atoms with Crippen LogP contribution in [0, 0.1) is 6.92 Å². The topological polar surface area (TPSA) is 60.2 Å². The van der Waals surface area contributed by atoms with Gasteiger partial charge in [0.2, 0.25) is 0 Å². The van der Waals surface area contributed by atoms with Crippen molar-refractivity contribution in [3.05, 3.63) is 65.2 Å². The van der Waals surface area contributed by atoms with E-state index >= 15 is 0 Å². The lowest BCUT2D eigenvalue weighted by Gasteiger charge is -2.14. The average molecular weight is 289 g/mol. The van der Waals surface area contributed by atoms with Gasteiger partial charge in [0.05, 0.1) is 10.6 Å². The number of rotatable bonds is 4. The summed E-state index contributed by atoms with van der Waals surface area (Å²) in [5.41, 5.74) is 8.38. The van der Waals surface area contributed by atoms with Crippen molar-refractivity contribution in [1.82, 2.24) is 0 Å². The van der Waals surface area contributed by atoms with Gasteiger partial charge in [-0.3, -0.25) is 0 Å². The number of hydrogen-bond donors (Lipinski definition) is 1. The summed E-state index contributed by atoms with van der Waals surface area (Å²) in [5.74, 6) is -0.00335. The standard InChI is InChI=1S/C16H19NO2S/c1-12-8-9-16(15(10-12)13(2)17)20(18,19)11-14-6-4-3-5-7-14/h3-10,13H,11,17H2,1-2H3. The molecule has 2 rings (SSSR count). The van der Waals surface area contributed by atoms with Crippen LogP contribution in [0.2, 0.25) is 0 Å². The van der Waals surface area contributed by atoms with Crippen LogP contribution in [-0.4, -0.2) is 8.42 Å². The first-order chi connectivity index (χ1) is 9.40. The van der Waals surface area contributed by atoms with Crippen LogP contribution in [0.5, 0.6) is 0 Å². The molecule has 2 aromatic rings. The zero-order valence-corrected chi connectivity index (χ0v) is 12.5. The van der Waals surface area contributed by atoms with E-state index in [0.717, 1.165) is 11.1 Å². The Morgan fingerprint density at radius 1 is 1.10 bits per heavy atom. The zero-order chi connectivity index (χ0) is 14.8. The largest absolute Gasteiger partial charge is 0.324 e. The number of nitrogens with two attached hydrogens (primary N) is 1. The summed E-state index contributed by atoms with van der Waals surface area (Å²) in [6.07, 6.45) is 0. The molecular weight excluding hydrogens is 270 g/mol. The molecule has 4 heteroatoms. The maximum Gasteiger partial charge on any atom is 0.182 e. The van der Waals surface area contributed by atoms with Gasteiger partial charge in [-0.15, -0.1) is 0 Å². The molecule has 0 spiro atoms. The van der Waals surface area contributed by atoms with E-state index in [1.807, 2.05) is 49.4 Å². The van der Waals surface area contributed by atoms with Crippen molar-refractivity contribution < 1.29 is 8.42 Å². The molecule has 0 aliphatic rings. The van der Waals surface area contributed by atoms with Crippen molar-refractivity contribution in [3.8, 4) is 0 Å². The van der Waals surface area contributed by atoms with Crippen LogP contribution < -0.4 is 5.73 Å². The lowest BCUT2D eigenvalue weighted by atomic mass is 10.1. The van der Waals surface area contributed by atoms with Crippen LogP contribution in [0.3, 0.4) is 0 Å². The molecule has 0 saturated heterocycles. The molecule has 3 nitrogen and oxygen atoms in total. The minimum atomic E-state index is -3.39. The minimum Gasteiger partial charge on any atom is -0.324 e. The van der Waals surface area contributed by atoms with Crippen LogP contribution in [-0.2, 0) is 15.6 Å². The molecule has 0 radical (unpaired) electrons. The predicted octanol–water partition coefficient (Wildman–Crippen LogP) is 2.99. The fourth-order valence-corrected chi connectivity index (χ4v) is 3.84. The third-order valence-electron chi connectivity index (χ3n) is 3.19. The molecule has 0 amide bonds. The smallest absolute Gasteiger partial charge is 0.182 e. The normalized spacial score (nSPS) is 13.2. The van der Waals surface area contributed by atoms with Crippen LogP contribution in [0.15, 0.2) is 53.4 Å². The van der Waals surface area contributed by atoms with E-state index in [1.165, 1.54) is 0 Å². The number of sulfone groups is 1. The Hall–Kier alpha value is -1.65. The van der Waals surface area contributed by atoms with E-state index in [0.29, 0.717) is 10.5 Å². The average Bonchev–Trinajstić information content (AvgIpc) is 2.38. The molecule has 0 heterocycles. The highest BCUT2D eigenvalue weighted by molar-refractivity contribution is 7.90. The van der Waals surface area contributed by atoms with Crippen molar-refractivity contribution in [2.24, 2.45) is 5.73 Å². The summed E-state index contributed by atoms with van der Waals surface area (Å²) in [6, 6.07) is 14.2. The molecular formula is C16H19NO2S. The third kappa shape index (κ3) is 3.26. The van der Waals surface area contributed by atoms with Gasteiger partial charge in [0.1, 0.15) is 0 Å². The molecule has 0 aliphatic carbocycles. The monoisotopic (exact) mass is 289 g/mol. The SMILES string of the molecule is Cc1ccc(S(=O)(=O)Cc2ccccc2)c(C(C)N)c1. The second kappa shape index (κ2) is 5.77. The second-order valence-corrected chi connectivity index (χ2v) is 7.03. The van der Waals surface area contributed by atoms with Crippen LogP contribution in [0.25, 0.3) is 0 Å². The van der Waals surface area contributed by atoms with E-state index in [2.05, 4.69) is 0 Å². The van der Waals surface area contributed by atoms with Gasteiger partial charge in [-0.05, 0) is 31.0 Å². The highest BCUT2D eigenvalue weighted by Crippen LogP contribution is 2.25.